The second-order valence-corrected chi connectivity index (χ2v) is 7.44. The van der Waals surface area contributed by atoms with E-state index in [0.29, 0.717) is 12.5 Å². The zero-order chi connectivity index (χ0) is 19.6. The smallest absolute Gasteiger partial charge is 0.237 e. The van der Waals surface area contributed by atoms with Gasteiger partial charge in [-0.1, -0.05) is 32.0 Å². The molecule has 0 saturated carbocycles. The summed E-state index contributed by atoms with van der Waals surface area (Å²) >= 11 is 0. The Kier molecular flexibility index (Phi) is 5.60. The quantitative estimate of drug-likeness (QED) is 0.639. The Morgan fingerprint density at radius 1 is 1.30 bits per heavy atom. The van der Waals surface area contributed by atoms with Crippen molar-refractivity contribution in [2.45, 2.75) is 46.3 Å². The van der Waals surface area contributed by atoms with Crippen LogP contribution in [0.1, 0.15) is 43.4 Å². The van der Waals surface area contributed by atoms with Crippen LogP contribution in [0.15, 0.2) is 30.6 Å². The molecule has 3 aromatic rings. The molecule has 0 saturated heterocycles. The van der Waals surface area contributed by atoms with E-state index >= 15 is 0 Å². The van der Waals surface area contributed by atoms with Crippen molar-refractivity contribution in [3.8, 4) is 0 Å². The Labute approximate surface area is 159 Å². The molecule has 1 unspecified atom stereocenters. The van der Waals surface area contributed by atoms with Gasteiger partial charge >= 0.3 is 0 Å². The number of hydrogen-bond donors (Lipinski definition) is 2. The number of amides is 1. The number of rotatable bonds is 8. The molecule has 0 fully saturated rings. The monoisotopic (exact) mass is 368 g/mol. The molecule has 3 N–H and O–H groups in total. The molecule has 0 bridgehead atoms. The standard InChI is InChI=1S/C20H28N6O/c1-13(2)9-17(20-23-12-24-25(20)4)22-10-16-14(3)26(11-19(21)27)18-8-6-5-7-15(16)18/h5-8,12-13,17,22H,9-11H2,1-4H3,(H2,21,27). The third-order valence-electron chi connectivity index (χ3n) is 4.97. The number of carbonyl (C=O) groups excluding carboxylic acids is 1. The highest BCUT2D eigenvalue weighted by Crippen LogP contribution is 2.27. The lowest BCUT2D eigenvalue weighted by Gasteiger charge is -2.20. The summed E-state index contributed by atoms with van der Waals surface area (Å²) in [5.41, 5.74) is 8.73. The number of para-hydroxylation sites is 1. The van der Waals surface area contributed by atoms with Gasteiger partial charge in [0.15, 0.2) is 0 Å². The number of benzene rings is 1. The Bertz CT molecular complexity index is 939. The molecule has 27 heavy (non-hydrogen) atoms. The van der Waals surface area contributed by atoms with Gasteiger partial charge in [0.25, 0.3) is 0 Å². The summed E-state index contributed by atoms with van der Waals surface area (Å²) in [6, 6.07) is 8.24. The fraction of sp³-hybridized carbons (Fsp3) is 0.450. The Morgan fingerprint density at radius 3 is 2.67 bits per heavy atom. The number of hydrogen-bond acceptors (Lipinski definition) is 4. The summed E-state index contributed by atoms with van der Waals surface area (Å²) in [7, 11) is 1.92. The van der Waals surface area contributed by atoms with Crippen LogP contribution in [0.25, 0.3) is 10.9 Å². The maximum absolute atomic E-state index is 11.5. The number of carbonyl (C=O) groups is 1. The van der Waals surface area contributed by atoms with Crippen molar-refractivity contribution in [1.29, 1.82) is 0 Å². The van der Waals surface area contributed by atoms with Gasteiger partial charge in [-0.25, -0.2) is 4.98 Å². The van der Waals surface area contributed by atoms with Gasteiger partial charge in [-0.3, -0.25) is 9.48 Å². The van der Waals surface area contributed by atoms with E-state index in [1.165, 1.54) is 5.56 Å². The van der Waals surface area contributed by atoms with Crippen molar-refractivity contribution in [3.05, 3.63) is 47.7 Å². The zero-order valence-corrected chi connectivity index (χ0v) is 16.4. The summed E-state index contributed by atoms with van der Waals surface area (Å²) in [5.74, 6) is 1.12. The van der Waals surface area contributed by atoms with Gasteiger partial charge in [0.1, 0.15) is 18.7 Å². The molecule has 0 aliphatic rings. The van der Waals surface area contributed by atoms with Crippen LogP contribution in [0.5, 0.6) is 0 Å². The van der Waals surface area contributed by atoms with E-state index in [2.05, 4.69) is 35.3 Å². The molecule has 1 amide bonds. The molecule has 1 aromatic carbocycles. The fourth-order valence-corrected chi connectivity index (χ4v) is 3.68. The van der Waals surface area contributed by atoms with E-state index in [9.17, 15) is 4.79 Å². The van der Waals surface area contributed by atoms with E-state index in [4.69, 9.17) is 5.73 Å². The number of primary amides is 1. The van der Waals surface area contributed by atoms with Gasteiger partial charge in [-0.2, -0.15) is 5.10 Å². The molecule has 0 radical (unpaired) electrons. The van der Waals surface area contributed by atoms with Crippen molar-refractivity contribution >= 4 is 16.8 Å². The third-order valence-corrected chi connectivity index (χ3v) is 4.97. The minimum atomic E-state index is -0.338. The van der Waals surface area contributed by atoms with Crippen molar-refractivity contribution in [2.24, 2.45) is 18.7 Å². The number of nitrogens with zero attached hydrogens (tertiary/aromatic N) is 4. The first-order valence-corrected chi connectivity index (χ1v) is 9.30. The van der Waals surface area contributed by atoms with Crippen molar-refractivity contribution in [1.82, 2.24) is 24.6 Å². The number of fused-ring (bicyclic) bond motifs is 1. The van der Waals surface area contributed by atoms with Crippen molar-refractivity contribution < 1.29 is 4.79 Å². The van der Waals surface area contributed by atoms with Crippen LogP contribution in [0.4, 0.5) is 0 Å². The fourth-order valence-electron chi connectivity index (χ4n) is 3.68. The largest absolute Gasteiger partial charge is 0.368 e. The second-order valence-electron chi connectivity index (χ2n) is 7.44. The minimum absolute atomic E-state index is 0.107. The predicted molar refractivity (Wildman–Crippen MR) is 106 cm³/mol. The Morgan fingerprint density at radius 2 is 2.04 bits per heavy atom. The number of aryl methyl sites for hydroxylation is 1. The third kappa shape index (κ3) is 4.03. The first-order chi connectivity index (χ1) is 12.9. The molecule has 3 rings (SSSR count). The van der Waals surface area contributed by atoms with E-state index in [-0.39, 0.29) is 18.5 Å². The van der Waals surface area contributed by atoms with E-state index in [0.717, 1.165) is 28.8 Å². The van der Waals surface area contributed by atoms with Gasteiger partial charge in [0, 0.05) is 30.2 Å². The van der Waals surface area contributed by atoms with Crippen molar-refractivity contribution in [2.75, 3.05) is 0 Å². The van der Waals surface area contributed by atoms with Crippen LogP contribution < -0.4 is 11.1 Å². The van der Waals surface area contributed by atoms with Crippen LogP contribution in [0.3, 0.4) is 0 Å². The lowest BCUT2D eigenvalue weighted by Crippen LogP contribution is -2.26. The van der Waals surface area contributed by atoms with Gasteiger partial charge in [-0.15, -0.1) is 0 Å². The summed E-state index contributed by atoms with van der Waals surface area (Å²) in [5, 5.41) is 9.02. The average Bonchev–Trinajstić information content (AvgIpc) is 3.14. The molecular weight excluding hydrogens is 340 g/mol. The van der Waals surface area contributed by atoms with Gasteiger partial charge < -0.3 is 15.6 Å². The first-order valence-electron chi connectivity index (χ1n) is 9.30. The average molecular weight is 368 g/mol. The van der Waals surface area contributed by atoms with Crippen molar-refractivity contribution in [3.63, 3.8) is 0 Å². The number of nitrogens with two attached hydrogens (primary N) is 1. The maximum Gasteiger partial charge on any atom is 0.237 e. The maximum atomic E-state index is 11.5. The summed E-state index contributed by atoms with van der Waals surface area (Å²) in [6.07, 6.45) is 2.56. The molecule has 0 spiro atoms. The molecule has 0 aliphatic heterocycles. The zero-order valence-electron chi connectivity index (χ0n) is 16.4. The topological polar surface area (TPSA) is 90.8 Å². The molecule has 7 heteroatoms. The minimum Gasteiger partial charge on any atom is -0.368 e. The van der Waals surface area contributed by atoms with Crippen LogP contribution >= 0.6 is 0 Å². The highest BCUT2D eigenvalue weighted by Gasteiger charge is 2.20. The lowest BCUT2D eigenvalue weighted by atomic mass is 10.0. The van der Waals surface area contributed by atoms with E-state index < -0.39 is 0 Å². The first kappa shape index (κ1) is 19.1. The van der Waals surface area contributed by atoms with Gasteiger partial charge in [0.2, 0.25) is 5.91 Å². The summed E-state index contributed by atoms with van der Waals surface area (Å²) < 4.78 is 3.82. The highest BCUT2D eigenvalue weighted by molar-refractivity contribution is 5.87. The summed E-state index contributed by atoms with van der Waals surface area (Å²) in [6.45, 7) is 7.32. The lowest BCUT2D eigenvalue weighted by molar-refractivity contribution is -0.118. The molecule has 144 valence electrons. The molecule has 2 heterocycles. The molecule has 1 atom stereocenters. The van der Waals surface area contributed by atoms with Gasteiger partial charge in [0.05, 0.1) is 6.04 Å². The second kappa shape index (κ2) is 7.92. The molecule has 2 aromatic heterocycles. The Hall–Kier alpha value is -2.67. The predicted octanol–water partition coefficient (Wildman–Crippen LogP) is 2.44. The number of nitrogens with one attached hydrogen (secondary N) is 1. The molecular formula is C20H28N6O. The van der Waals surface area contributed by atoms with Crippen LogP contribution in [-0.4, -0.2) is 25.2 Å². The van der Waals surface area contributed by atoms with Crippen LogP contribution in [0, 0.1) is 12.8 Å². The highest BCUT2D eigenvalue weighted by atomic mass is 16.1. The molecule has 7 nitrogen and oxygen atoms in total. The van der Waals surface area contributed by atoms with Gasteiger partial charge in [-0.05, 0) is 30.9 Å². The van der Waals surface area contributed by atoms with E-state index in [1.807, 2.05) is 41.4 Å². The summed E-state index contributed by atoms with van der Waals surface area (Å²) in [4.78, 5) is 16.0. The SMILES string of the molecule is Cc1c(CNC(CC(C)C)c2ncnn2C)c2ccccc2n1CC(N)=O. The number of aromatic nitrogens is 4. The normalized spacial score (nSPS) is 12.8. The van der Waals surface area contributed by atoms with E-state index in [1.54, 1.807) is 6.33 Å². The molecule has 0 aliphatic carbocycles. The van der Waals surface area contributed by atoms with Crippen LogP contribution in [-0.2, 0) is 24.9 Å². The van der Waals surface area contributed by atoms with Crippen LogP contribution in [0.2, 0.25) is 0 Å². The Balaban J connectivity index is 1.92.